The molecule has 1 saturated heterocycles. The summed E-state index contributed by atoms with van der Waals surface area (Å²) in [7, 11) is 3.63. The van der Waals surface area contributed by atoms with Gasteiger partial charge in [-0.3, -0.25) is 19.5 Å². The number of hydrogen-bond donors (Lipinski definition) is 1. The second-order valence-corrected chi connectivity index (χ2v) is 7.26. The molecule has 26 heavy (non-hydrogen) atoms. The summed E-state index contributed by atoms with van der Waals surface area (Å²) in [6, 6.07) is 0. The third-order valence-corrected chi connectivity index (χ3v) is 5.37. The predicted octanol–water partition coefficient (Wildman–Crippen LogP) is 0.952. The topological polar surface area (TPSA) is 79.3 Å². The molecule has 140 valence electrons. The SMILES string of the molecule is COC1CCN(Cc2cn(C)nc2C(=O)N2CCCc3[nH]ncc3C2)C1. The zero-order valence-electron chi connectivity index (χ0n) is 15.4. The summed E-state index contributed by atoms with van der Waals surface area (Å²) in [6.07, 6.45) is 6.99. The van der Waals surface area contributed by atoms with Crippen molar-refractivity contribution < 1.29 is 9.53 Å². The van der Waals surface area contributed by atoms with Gasteiger partial charge in [0, 0.05) is 69.9 Å². The van der Waals surface area contributed by atoms with E-state index in [9.17, 15) is 4.79 Å². The molecule has 4 heterocycles. The standard InChI is InChI=1S/C18H26N6O2/c1-22-9-14(10-23-7-5-15(12-23)26-2)17(21-22)18(25)24-6-3-4-16-13(11-24)8-19-20-16/h8-9,15H,3-7,10-12H2,1-2H3,(H,19,20). The number of nitrogens with zero attached hydrogens (tertiary/aromatic N) is 5. The molecule has 2 aliphatic heterocycles. The Labute approximate surface area is 153 Å². The molecular weight excluding hydrogens is 332 g/mol. The molecule has 0 spiro atoms. The van der Waals surface area contributed by atoms with Crippen molar-refractivity contribution in [1.82, 2.24) is 29.8 Å². The zero-order chi connectivity index (χ0) is 18.1. The molecule has 2 aliphatic rings. The van der Waals surface area contributed by atoms with Crippen LogP contribution in [-0.2, 0) is 31.3 Å². The molecule has 1 N–H and O–H groups in total. The fourth-order valence-corrected chi connectivity index (χ4v) is 3.95. The third-order valence-electron chi connectivity index (χ3n) is 5.37. The van der Waals surface area contributed by atoms with Crippen LogP contribution in [0.1, 0.15) is 40.2 Å². The Morgan fingerprint density at radius 3 is 3.12 bits per heavy atom. The first kappa shape index (κ1) is 17.2. The van der Waals surface area contributed by atoms with E-state index in [0.29, 0.717) is 12.2 Å². The lowest BCUT2D eigenvalue weighted by Crippen LogP contribution is -2.32. The molecule has 0 radical (unpaired) electrons. The van der Waals surface area contributed by atoms with Gasteiger partial charge in [-0.1, -0.05) is 0 Å². The maximum atomic E-state index is 13.2. The van der Waals surface area contributed by atoms with E-state index >= 15 is 0 Å². The van der Waals surface area contributed by atoms with Crippen molar-refractivity contribution in [2.75, 3.05) is 26.7 Å². The molecule has 8 nitrogen and oxygen atoms in total. The highest BCUT2D eigenvalue weighted by Gasteiger charge is 2.28. The van der Waals surface area contributed by atoms with E-state index < -0.39 is 0 Å². The van der Waals surface area contributed by atoms with Crippen molar-refractivity contribution in [3.63, 3.8) is 0 Å². The first-order chi connectivity index (χ1) is 12.6. The number of H-pyrrole nitrogens is 1. The van der Waals surface area contributed by atoms with Gasteiger partial charge >= 0.3 is 0 Å². The Balaban J connectivity index is 1.51. The Hall–Kier alpha value is -2.19. The van der Waals surface area contributed by atoms with Crippen molar-refractivity contribution in [3.05, 3.63) is 34.9 Å². The molecule has 0 saturated carbocycles. The van der Waals surface area contributed by atoms with E-state index in [-0.39, 0.29) is 12.0 Å². The van der Waals surface area contributed by atoms with Crippen molar-refractivity contribution in [3.8, 4) is 0 Å². The van der Waals surface area contributed by atoms with E-state index in [2.05, 4.69) is 20.2 Å². The Kier molecular flexibility index (Phi) is 4.78. The number of methoxy groups -OCH3 is 1. The number of ether oxygens (including phenoxy) is 1. The largest absolute Gasteiger partial charge is 0.380 e. The van der Waals surface area contributed by atoms with Gasteiger partial charge in [0.2, 0.25) is 0 Å². The molecule has 1 amide bonds. The summed E-state index contributed by atoms with van der Waals surface area (Å²) in [5.74, 6) is 0.0112. The average Bonchev–Trinajstić information content (AvgIpc) is 3.32. The van der Waals surface area contributed by atoms with Crippen LogP contribution in [0.4, 0.5) is 0 Å². The lowest BCUT2D eigenvalue weighted by Gasteiger charge is -2.21. The molecule has 0 bridgehead atoms. The fourth-order valence-electron chi connectivity index (χ4n) is 3.95. The van der Waals surface area contributed by atoms with Crippen molar-refractivity contribution in [2.45, 2.75) is 38.5 Å². The maximum absolute atomic E-state index is 13.2. The second-order valence-electron chi connectivity index (χ2n) is 7.26. The first-order valence-electron chi connectivity index (χ1n) is 9.22. The van der Waals surface area contributed by atoms with Gasteiger partial charge in [-0.05, 0) is 19.3 Å². The number of nitrogens with one attached hydrogen (secondary N) is 1. The third kappa shape index (κ3) is 3.39. The highest BCUT2D eigenvalue weighted by atomic mass is 16.5. The van der Waals surface area contributed by atoms with Crippen molar-refractivity contribution >= 4 is 5.91 Å². The lowest BCUT2D eigenvalue weighted by molar-refractivity contribution is 0.0736. The van der Waals surface area contributed by atoms with Crippen LogP contribution in [0.3, 0.4) is 0 Å². The quantitative estimate of drug-likeness (QED) is 0.880. The maximum Gasteiger partial charge on any atom is 0.274 e. The zero-order valence-corrected chi connectivity index (χ0v) is 15.4. The molecule has 8 heteroatoms. The lowest BCUT2D eigenvalue weighted by atomic mass is 10.2. The van der Waals surface area contributed by atoms with Gasteiger partial charge in [-0.2, -0.15) is 10.2 Å². The summed E-state index contributed by atoms with van der Waals surface area (Å²) in [4.78, 5) is 17.4. The van der Waals surface area contributed by atoms with Crippen LogP contribution < -0.4 is 0 Å². The molecule has 1 atom stereocenters. The van der Waals surface area contributed by atoms with E-state index in [1.165, 1.54) is 0 Å². The van der Waals surface area contributed by atoms with Gasteiger partial charge in [0.1, 0.15) is 0 Å². The predicted molar refractivity (Wildman–Crippen MR) is 95.5 cm³/mol. The monoisotopic (exact) mass is 358 g/mol. The summed E-state index contributed by atoms with van der Waals surface area (Å²) < 4.78 is 7.19. The normalized spacial score (nSPS) is 21.0. The first-order valence-corrected chi connectivity index (χ1v) is 9.22. The molecule has 0 aromatic carbocycles. The molecular formula is C18H26N6O2. The van der Waals surface area contributed by atoms with Gasteiger partial charge in [0.25, 0.3) is 5.91 Å². The number of rotatable bonds is 4. The molecule has 4 rings (SSSR count). The van der Waals surface area contributed by atoms with Crippen molar-refractivity contribution in [1.29, 1.82) is 0 Å². The van der Waals surface area contributed by atoms with Crippen LogP contribution in [-0.4, -0.2) is 68.5 Å². The van der Waals surface area contributed by atoms with Gasteiger partial charge in [-0.25, -0.2) is 0 Å². The summed E-state index contributed by atoms with van der Waals surface area (Å²) in [5, 5.41) is 11.6. The Morgan fingerprint density at radius 2 is 2.31 bits per heavy atom. The van der Waals surface area contributed by atoms with Gasteiger partial charge in [0.15, 0.2) is 5.69 Å². The second kappa shape index (κ2) is 7.20. The fraction of sp³-hybridized carbons (Fsp3) is 0.611. The number of aryl methyl sites for hydroxylation is 2. The molecule has 2 aromatic heterocycles. The number of carbonyl (C=O) groups excluding carboxylic acids is 1. The van der Waals surface area contributed by atoms with E-state index in [1.807, 2.05) is 24.3 Å². The van der Waals surface area contributed by atoms with Crippen LogP contribution in [0.15, 0.2) is 12.4 Å². The van der Waals surface area contributed by atoms with E-state index in [4.69, 9.17) is 4.74 Å². The summed E-state index contributed by atoms with van der Waals surface area (Å²) in [6.45, 7) is 3.97. The van der Waals surface area contributed by atoms with Crippen LogP contribution >= 0.6 is 0 Å². The number of fused-ring (bicyclic) bond motifs is 1. The highest BCUT2D eigenvalue weighted by molar-refractivity contribution is 5.93. The van der Waals surface area contributed by atoms with Gasteiger partial charge < -0.3 is 9.64 Å². The smallest absolute Gasteiger partial charge is 0.274 e. The van der Waals surface area contributed by atoms with Crippen LogP contribution in [0.25, 0.3) is 0 Å². The minimum Gasteiger partial charge on any atom is -0.380 e. The minimum absolute atomic E-state index is 0.0112. The minimum atomic E-state index is 0.0112. The summed E-state index contributed by atoms with van der Waals surface area (Å²) >= 11 is 0. The van der Waals surface area contributed by atoms with Crippen LogP contribution in [0.2, 0.25) is 0 Å². The number of likely N-dealkylation sites (tertiary alicyclic amines) is 1. The summed E-state index contributed by atoms with van der Waals surface area (Å²) in [5.41, 5.74) is 3.81. The Morgan fingerprint density at radius 1 is 1.42 bits per heavy atom. The van der Waals surface area contributed by atoms with E-state index in [1.54, 1.807) is 11.8 Å². The van der Waals surface area contributed by atoms with E-state index in [0.717, 1.165) is 62.3 Å². The number of hydrogen-bond acceptors (Lipinski definition) is 5. The molecule has 1 fully saturated rings. The number of aromatic nitrogens is 4. The number of aromatic amines is 1. The van der Waals surface area contributed by atoms with Crippen LogP contribution in [0, 0.1) is 0 Å². The van der Waals surface area contributed by atoms with Gasteiger partial charge in [0.05, 0.1) is 12.3 Å². The number of amides is 1. The van der Waals surface area contributed by atoms with Crippen LogP contribution in [0.5, 0.6) is 0 Å². The highest BCUT2D eigenvalue weighted by Crippen LogP contribution is 2.21. The van der Waals surface area contributed by atoms with Gasteiger partial charge in [-0.15, -0.1) is 0 Å². The molecule has 0 aliphatic carbocycles. The van der Waals surface area contributed by atoms with Crippen molar-refractivity contribution in [2.24, 2.45) is 7.05 Å². The number of carbonyl (C=O) groups is 1. The Bertz CT molecular complexity index is 782. The molecule has 1 unspecified atom stereocenters. The average molecular weight is 358 g/mol. The molecule has 2 aromatic rings.